The zero-order chi connectivity index (χ0) is 17.4. The van der Waals surface area contributed by atoms with Gasteiger partial charge in [-0.2, -0.15) is 0 Å². The molecule has 1 aromatic heterocycles. The topological polar surface area (TPSA) is 92.2 Å². The summed E-state index contributed by atoms with van der Waals surface area (Å²) < 4.78 is 15.7. The number of hydrogen-bond donors (Lipinski definition) is 2. The maximum absolute atomic E-state index is 13.9. The van der Waals surface area contributed by atoms with Gasteiger partial charge in [-0.3, -0.25) is 14.3 Å². The SMILES string of the molecule is O=C(O)c1cc(Cn2c(=O)[nH]c(=O)c3c(F)cccc32)ccc1I. The van der Waals surface area contributed by atoms with Gasteiger partial charge < -0.3 is 5.11 Å². The van der Waals surface area contributed by atoms with Gasteiger partial charge in [0.2, 0.25) is 0 Å². The van der Waals surface area contributed by atoms with Gasteiger partial charge in [-0.1, -0.05) is 12.1 Å². The molecule has 8 heteroatoms. The number of H-pyrrole nitrogens is 1. The predicted molar refractivity (Wildman–Crippen MR) is 94.0 cm³/mol. The van der Waals surface area contributed by atoms with E-state index >= 15 is 0 Å². The van der Waals surface area contributed by atoms with E-state index in [1.165, 1.54) is 22.8 Å². The third-order valence-corrected chi connectivity index (χ3v) is 4.52. The Morgan fingerprint density at radius 1 is 1.25 bits per heavy atom. The Balaban J connectivity index is 2.20. The summed E-state index contributed by atoms with van der Waals surface area (Å²) in [6.45, 7) is 0.00671. The lowest BCUT2D eigenvalue weighted by atomic mass is 10.1. The van der Waals surface area contributed by atoms with Crippen LogP contribution >= 0.6 is 22.6 Å². The van der Waals surface area contributed by atoms with Crippen molar-refractivity contribution in [3.05, 3.63) is 77.8 Å². The van der Waals surface area contributed by atoms with E-state index < -0.39 is 23.0 Å². The fourth-order valence-corrected chi connectivity index (χ4v) is 3.04. The van der Waals surface area contributed by atoms with Crippen LogP contribution in [0, 0.1) is 9.39 Å². The number of nitrogens with zero attached hydrogens (tertiary/aromatic N) is 1. The van der Waals surface area contributed by atoms with Crippen LogP contribution in [0.2, 0.25) is 0 Å². The molecule has 0 radical (unpaired) electrons. The first-order valence-electron chi connectivity index (χ1n) is 6.81. The molecule has 122 valence electrons. The number of aromatic amines is 1. The smallest absolute Gasteiger partial charge is 0.336 e. The van der Waals surface area contributed by atoms with Crippen molar-refractivity contribution in [1.29, 1.82) is 0 Å². The van der Waals surface area contributed by atoms with Crippen molar-refractivity contribution in [3.8, 4) is 0 Å². The van der Waals surface area contributed by atoms with E-state index in [9.17, 15) is 23.9 Å². The van der Waals surface area contributed by atoms with Gasteiger partial charge in [-0.15, -0.1) is 0 Å². The van der Waals surface area contributed by atoms with Crippen LogP contribution in [0.4, 0.5) is 4.39 Å². The van der Waals surface area contributed by atoms with Crippen LogP contribution in [-0.2, 0) is 6.54 Å². The molecular formula is C16H10FIN2O4. The van der Waals surface area contributed by atoms with Crippen LogP contribution in [0.15, 0.2) is 46.0 Å². The Morgan fingerprint density at radius 2 is 2.00 bits per heavy atom. The van der Waals surface area contributed by atoms with E-state index in [-0.39, 0.29) is 23.0 Å². The maximum atomic E-state index is 13.9. The normalized spacial score (nSPS) is 10.9. The highest BCUT2D eigenvalue weighted by Crippen LogP contribution is 2.17. The largest absolute Gasteiger partial charge is 0.478 e. The van der Waals surface area contributed by atoms with Gasteiger partial charge in [0.1, 0.15) is 5.82 Å². The fraction of sp³-hybridized carbons (Fsp3) is 0.0625. The number of rotatable bonds is 3. The van der Waals surface area contributed by atoms with Crippen molar-refractivity contribution < 1.29 is 14.3 Å². The molecule has 1 heterocycles. The number of fused-ring (bicyclic) bond motifs is 1. The Morgan fingerprint density at radius 3 is 2.71 bits per heavy atom. The van der Waals surface area contributed by atoms with Gasteiger partial charge in [-0.05, 0) is 52.4 Å². The summed E-state index contributed by atoms with van der Waals surface area (Å²) >= 11 is 1.91. The minimum Gasteiger partial charge on any atom is -0.478 e. The molecule has 2 N–H and O–H groups in total. The highest BCUT2D eigenvalue weighted by atomic mass is 127. The molecule has 2 aromatic carbocycles. The number of carbonyl (C=O) groups is 1. The summed E-state index contributed by atoms with van der Waals surface area (Å²) in [5.74, 6) is -1.80. The van der Waals surface area contributed by atoms with E-state index in [0.717, 1.165) is 6.07 Å². The van der Waals surface area contributed by atoms with Crippen LogP contribution in [0.1, 0.15) is 15.9 Å². The maximum Gasteiger partial charge on any atom is 0.336 e. The summed E-state index contributed by atoms with van der Waals surface area (Å²) in [6, 6.07) is 8.77. The second kappa shape index (κ2) is 6.19. The third kappa shape index (κ3) is 2.84. The summed E-state index contributed by atoms with van der Waals surface area (Å²) in [7, 11) is 0. The lowest BCUT2D eigenvalue weighted by Gasteiger charge is -2.11. The number of benzene rings is 2. The first-order valence-corrected chi connectivity index (χ1v) is 7.89. The van der Waals surface area contributed by atoms with Crippen molar-refractivity contribution in [3.63, 3.8) is 0 Å². The molecule has 0 aliphatic carbocycles. The van der Waals surface area contributed by atoms with Crippen LogP contribution < -0.4 is 11.2 Å². The number of aromatic carboxylic acids is 1. The predicted octanol–water partition coefficient (Wildman–Crippen LogP) is 2.18. The second-order valence-corrected chi connectivity index (χ2v) is 6.26. The lowest BCUT2D eigenvalue weighted by Crippen LogP contribution is -2.31. The van der Waals surface area contributed by atoms with Gasteiger partial charge in [0.25, 0.3) is 5.56 Å². The molecule has 0 amide bonds. The Bertz CT molecular complexity index is 1090. The molecule has 0 fully saturated rings. The van der Waals surface area contributed by atoms with E-state index in [0.29, 0.717) is 9.13 Å². The molecule has 0 aliphatic heterocycles. The number of halogens is 2. The first kappa shape index (κ1) is 16.4. The minimum absolute atomic E-state index is 0.00671. The highest BCUT2D eigenvalue weighted by Gasteiger charge is 2.13. The molecule has 0 spiro atoms. The number of hydrogen-bond acceptors (Lipinski definition) is 3. The molecular weight excluding hydrogens is 430 g/mol. The standard InChI is InChI=1S/C16H10FIN2O4/c17-10-2-1-3-12-13(10)14(21)19-16(24)20(12)7-8-4-5-11(18)9(6-8)15(22)23/h1-6H,7H2,(H,22,23)(H,19,21,24). The molecule has 0 bridgehead atoms. The molecule has 0 aliphatic rings. The highest BCUT2D eigenvalue weighted by molar-refractivity contribution is 14.1. The van der Waals surface area contributed by atoms with Gasteiger partial charge in [0.15, 0.2) is 0 Å². The molecule has 6 nitrogen and oxygen atoms in total. The van der Waals surface area contributed by atoms with Gasteiger partial charge in [0.05, 0.1) is 23.0 Å². The Kier molecular flexibility index (Phi) is 4.22. The van der Waals surface area contributed by atoms with Gasteiger partial charge in [-0.25, -0.2) is 14.0 Å². The second-order valence-electron chi connectivity index (χ2n) is 5.10. The Labute approximate surface area is 147 Å². The van der Waals surface area contributed by atoms with Crippen LogP contribution in [-0.4, -0.2) is 20.6 Å². The summed E-state index contributed by atoms with van der Waals surface area (Å²) in [4.78, 5) is 37.3. The minimum atomic E-state index is -1.08. The lowest BCUT2D eigenvalue weighted by molar-refractivity contribution is 0.0695. The van der Waals surface area contributed by atoms with E-state index in [1.807, 2.05) is 22.6 Å². The van der Waals surface area contributed by atoms with Crippen molar-refractivity contribution in [2.24, 2.45) is 0 Å². The quantitative estimate of drug-likeness (QED) is 0.611. The van der Waals surface area contributed by atoms with Crippen LogP contribution in [0.5, 0.6) is 0 Å². The first-order chi connectivity index (χ1) is 11.4. The molecule has 3 rings (SSSR count). The van der Waals surface area contributed by atoms with Crippen LogP contribution in [0.25, 0.3) is 10.9 Å². The number of aromatic nitrogens is 2. The van der Waals surface area contributed by atoms with Crippen molar-refractivity contribution in [2.75, 3.05) is 0 Å². The van der Waals surface area contributed by atoms with Crippen LogP contribution in [0.3, 0.4) is 0 Å². The zero-order valence-corrected chi connectivity index (χ0v) is 14.2. The van der Waals surface area contributed by atoms with E-state index in [2.05, 4.69) is 4.98 Å². The molecule has 0 saturated heterocycles. The average Bonchev–Trinajstić information content (AvgIpc) is 2.52. The monoisotopic (exact) mass is 440 g/mol. The zero-order valence-electron chi connectivity index (χ0n) is 12.0. The Hall–Kier alpha value is -2.49. The van der Waals surface area contributed by atoms with Crippen molar-refractivity contribution in [2.45, 2.75) is 6.54 Å². The molecule has 3 aromatic rings. The summed E-state index contributed by atoms with van der Waals surface area (Å²) in [5.41, 5.74) is -0.667. The molecule has 0 saturated carbocycles. The molecule has 0 unspecified atom stereocenters. The summed E-state index contributed by atoms with van der Waals surface area (Å²) in [6.07, 6.45) is 0. The number of nitrogens with one attached hydrogen (secondary N) is 1. The third-order valence-electron chi connectivity index (χ3n) is 3.58. The van der Waals surface area contributed by atoms with Gasteiger partial charge >= 0.3 is 11.7 Å². The summed E-state index contributed by atoms with van der Waals surface area (Å²) in [5, 5.41) is 8.98. The fourth-order valence-electron chi connectivity index (χ4n) is 2.47. The van der Waals surface area contributed by atoms with Crippen molar-refractivity contribution in [1.82, 2.24) is 9.55 Å². The van der Waals surface area contributed by atoms with Crippen molar-refractivity contribution >= 4 is 39.5 Å². The van der Waals surface area contributed by atoms with Gasteiger partial charge in [0, 0.05) is 3.57 Å². The molecule has 0 atom stereocenters. The molecule has 24 heavy (non-hydrogen) atoms. The van der Waals surface area contributed by atoms with E-state index in [4.69, 9.17) is 0 Å². The van der Waals surface area contributed by atoms with E-state index in [1.54, 1.807) is 12.1 Å². The average molecular weight is 440 g/mol. The number of carboxylic acids is 1. The number of carboxylic acid groups (broad SMARTS) is 1.